The van der Waals surface area contributed by atoms with Crippen molar-refractivity contribution < 1.29 is 4.79 Å². The number of aryl methyl sites for hydroxylation is 1. The monoisotopic (exact) mass is 317 g/mol. The minimum absolute atomic E-state index is 0.00375. The topological polar surface area (TPSA) is 63.1 Å². The van der Waals surface area contributed by atoms with Gasteiger partial charge in [0.1, 0.15) is 5.82 Å². The van der Waals surface area contributed by atoms with Gasteiger partial charge >= 0.3 is 6.03 Å². The number of nitrogens with zero attached hydrogens (tertiary/aromatic N) is 4. The Morgan fingerprint density at radius 1 is 1.36 bits per heavy atom. The van der Waals surface area contributed by atoms with Crippen LogP contribution in [0, 0.1) is 0 Å². The van der Waals surface area contributed by atoms with Crippen LogP contribution in [-0.2, 0) is 19.5 Å². The molecule has 4 rings (SSSR count). The fourth-order valence-electron chi connectivity index (χ4n) is 3.42. The van der Waals surface area contributed by atoms with Crippen molar-refractivity contribution in [2.24, 2.45) is 0 Å². The second-order valence-electron chi connectivity index (χ2n) is 5.85. The van der Waals surface area contributed by atoms with Crippen LogP contribution in [0.15, 0.2) is 16.8 Å². The summed E-state index contributed by atoms with van der Waals surface area (Å²) in [6.45, 7) is 2.25. The van der Waals surface area contributed by atoms with Crippen molar-refractivity contribution in [1.82, 2.24) is 25.0 Å². The van der Waals surface area contributed by atoms with Gasteiger partial charge in [0.2, 0.25) is 0 Å². The van der Waals surface area contributed by atoms with Crippen LogP contribution in [0.5, 0.6) is 0 Å². The first-order valence-electron chi connectivity index (χ1n) is 7.80. The van der Waals surface area contributed by atoms with Crippen molar-refractivity contribution in [2.75, 3.05) is 6.54 Å². The van der Waals surface area contributed by atoms with Crippen LogP contribution >= 0.6 is 11.3 Å². The number of fused-ring (bicyclic) bond motifs is 1. The highest BCUT2D eigenvalue weighted by Gasteiger charge is 2.30. The Morgan fingerprint density at radius 3 is 3.18 bits per heavy atom. The van der Waals surface area contributed by atoms with Gasteiger partial charge in [0.15, 0.2) is 5.82 Å². The first-order chi connectivity index (χ1) is 10.8. The lowest BCUT2D eigenvalue weighted by molar-refractivity contribution is 0.192. The normalized spacial score (nSPS) is 20.4. The van der Waals surface area contributed by atoms with E-state index in [9.17, 15) is 4.79 Å². The SMILES string of the molecule is O=C(NCc1nnc2n1CCC2)N1CCCC1c1ccsc1. The molecule has 0 radical (unpaired) electrons. The van der Waals surface area contributed by atoms with Gasteiger partial charge in [0.25, 0.3) is 0 Å². The number of aromatic nitrogens is 3. The molecule has 1 unspecified atom stereocenters. The lowest BCUT2D eigenvalue weighted by Crippen LogP contribution is -2.39. The maximum atomic E-state index is 12.5. The van der Waals surface area contributed by atoms with Gasteiger partial charge in [-0.3, -0.25) is 0 Å². The molecular formula is C15H19N5OS. The Morgan fingerprint density at radius 2 is 2.32 bits per heavy atom. The summed E-state index contributed by atoms with van der Waals surface area (Å²) in [6, 6.07) is 2.34. The number of thiophene rings is 1. The first kappa shape index (κ1) is 13.8. The van der Waals surface area contributed by atoms with Crippen molar-refractivity contribution in [2.45, 2.75) is 44.8 Å². The molecule has 1 atom stereocenters. The fourth-order valence-corrected chi connectivity index (χ4v) is 4.13. The Hall–Kier alpha value is -1.89. The number of rotatable bonds is 3. The molecule has 2 aliphatic heterocycles. The van der Waals surface area contributed by atoms with Crippen LogP contribution in [0.3, 0.4) is 0 Å². The number of carbonyl (C=O) groups is 1. The van der Waals surface area contributed by atoms with Gasteiger partial charge in [-0.1, -0.05) is 0 Å². The molecule has 116 valence electrons. The summed E-state index contributed by atoms with van der Waals surface area (Å²) in [5.41, 5.74) is 1.25. The minimum Gasteiger partial charge on any atom is -0.331 e. The predicted molar refractivity (Wildman–Crippen MR) is 83.6 cm³/mol. The van der Waals surface area contributed by atoms with E-state index in [0.29, 0.717) is 6.54 Å². The molecular weight excluding hydrogens is 298 g/mol. The number of hydrogen-bond donors (Lipinski definition) is 1. The second-order valence-corrected chi connectivity index (χ2v) is 6.63. The molecule has 0 aliphatic carbocycles. The largest absolute Gasteiger partial charge is 0.331 e. The highest BCUT2D eigenvalue weighted by Crippen LogP contribution is 2.32. The van der Waals surface area contributed by atoms with E-state index in [-0.39, 0.29) is 12.1 Å². The van der Waals surface area contributed by atoms with Gasteiger partial charge in [-0.15, -0.1) is 10.2 Å². The third kappa shape index (κ3) is 2.39. The first-order valence-corrected chi connectivity index (χ1v) is 8.75. The van der Waals surface area contributed by atoms with E-state index >= 15 is 0 Å². The maximum absolute atomic E-state index is 12.5. The zero-order chi connectivity index (χ0) is 14.9. The molecule has 4 heterocycles. The Labute approximate surface area is 133 Å². The van der Waals surface area contributed by atoms with E-state index in [2.05, 4.69) is 36.9 Å². The summed E-state index contributed by atoms with van der Waals surface area (Å²) in [4.78, 5) is 14.5. The van der Waals surface area contributed by atoms with Crippen molar-refractivity contribution in [3.8, 4) is 0 Å². The number of carbonyl (C=O) groups excluding carboxylic acids is 1. The average molecular weight is 317 g/mol. The molecule has 2 aliphatic rings. The van der Waals surface area contributed by atoms with Crippen molar-refractivity contribution in [3.63, 3.8) is 0 Å². The minimum atomic E-state index is 0.00375. The van der Waals surface area contributed by atoms with Crippen LogP contribution < -0.4 is 5.32 Å². The molecule has 22 heavy (non-hydrogen) atoms. The van der Waals surface area contributed by atoms with E-state index in [1.807, 2.05) is 4.90 Å². The predicted octanol–water partition coefficient (Wildman–Crippen LogP) is 2.33. The molecule has 6 nitrogen and oxygen atoms in total. The lowest BCUT2D eigenvalue weighted by atomic mass is 10.1. The van der Waals surface area contributed by atoms with E-state index < -0.39 is 0 Å². The Balaban J connectivity index is 1.41. The number of amides is 2. The second kappa shape index (κ2) is 5.72. The van der Waals surface area contributed by atoms with Crippen molar-refractivity contribution in [3.05, 3.63) is 34.0 Å². The van der Waals surface area contributed by atoms with Gasteiger partial charge < -0.3 is 14.8 Å². The summed E-state index contributed by atoms with van der Waals surface area (Å²) in [5.74, 6) is 1.91. The van der Waals surface area contributed by atoms with E-state index in [4.69, 9.17) is 0 Å². The van der Waals surface area contributed by atoms with E-state index in [0.717, 1.165) is 50.4 Å². The zero-order valence-electron chi connectivity index (χ0n) is 12.4. The molecule has 0 saturated carbocycles. The summed E-state index contributed by atoms with van der Waals surface area (Å²) >= 11 is 1.69. The fraction of sp³-hybridized carbons (Fsp3) is 0.533. The number of likely N-dealkylation sites (tertiary alicyclic amines) is 1. The number of urea groups is 1. The third-order valence-corrected chi connectivity index (χ3v) is 5.23. The smallest absolute Gasteiger partial charge is 0.318 e. The lowest BCUT2D eigenvalue weighted by Gasteiger charge is -2.24. The molecule has 0 spiro atoms. The van der Waals surface area contributed by atoms with Gasteiger partial charge in [-0.2, -0.15) is 11.3 Å². The van der Waals surface area contributed by atoms with Crippen molar-refractivity contribution >= 4 is 17.4 Å². The molecule has 0 aromatic carbocycles. The Kier molecular flexibility index (Phi) is 3.57. The standard InChI is InChI=1S/C15H19N5OS/c21-15(16-9-14-18-17-13-4-2-7-20(13)14)19-6-1-3-12(19)11-5-8-22-10-11/h5,8,10,12H,1-4,6-7,9H2,(H,16,21). The number of hydrogen-bond acceptors (Lipinski definition) is 4. The van der Waals surface area contributed by atoms with E-state index in [1.54, 1.807) is 11.3 Å². The summed E-state index contributed by atoms with van der Waals surface area (Å²) < 4.78 is 2.13. The third-order valence-electron chi connectivity index (χ3n) is 4.53. The van der Waals surface area contributed by atoms with Crippen LogP contribution in [0.4, 0.5) is 4.79 Å². The zero-order valence-corrected chi connectivity index (χ0v) is 13.2. The summed E-state index contributed by atoms with van der Waals surface area (Å²) in [6.07, 6.45) is 4.23. The van der Waals surface area contributed by atoms with Gasteiger partial charge in [-0.25, -0.2) is 4.79 Å². The highest BCUT2D eigenvalue weighted by atomic mass is 32.1. The molecule has 1 saturated heterocycles. The average Bonchev–Trinajstić information content (AvgIpc) is 3.28. The maximum Gasteiger partial charge on any atom is 0.318 e. The molecule has 1 N–H and O–H groups in total. The molecule has 2 amide bonds. The van der Waals surface area contributed by atoms with Crippen LogP contribution in [0.1, 0.15) is 42.5 Å². The highest BCUT2D eigenvalue weighted by molar-refractivity contribution is 7.07. The van der Waals surface area contributed by atoms with Crippen molar-refractivity contribution in [1.29, 1.82) is 0 Å². The summed E-state index contributed by atoms with van der Waals surface area (Å²) in [5, 5.41) is 15.6. The molecule has 1 fully saturated rings. The molecule has 2 aromatic heterocycles. The number of nitrogens with one attached hydrogen (secondary N) is 1. The molecule has 7 heteroatoms. The summed E-state index contributed by atoms with van der Waals surface area (Å²) in [7, 11) is 0. The van der Waals surface area contributed by atoms with Crippen LogP contribution in [0.2, 0.25) is 0 Å². The molecule has 0 bridgehead atoms. The van der Waals surface area contributed by atoms with Crippen LogP contribution in [-0.4, -0.2) is 32.2 Å². The molecule has 2 aromatic rings. The van der Waals surface area contributed by atoms with Gasteiger partial charge in [0.05, 0.1) is 12.6 Å². The van der Waals surface area contributed by atoms with Gasteiger partial charge in [-0.05, 0) is 41.7 Å². The van der Waals surface area contributed by atoms with Gasteiger partial charge in [0, 0.05) is 19.5 Å². The van der Waals surface area contributed by atoms with E-state index in [1.165, 1.54) is 5.56 Å². The quantitative estimate of drug-likeness (QED) is 0.945. The Bertz CT molecular complexity index is 666. The van der Waals surface area contributed by atoms with Crippen LogP contribution in [0.25, 0.3) is 0 Å².